The summed E-state index contributed by atoms with van der Waals surface area (Å²) in [5, 5.41) is 0. The molecule has 0 amide bonds. The zero-order chi connectivity index (χ0) is 14.5. The minimum absolute atomic E-state index is 0.0993. The maximum absolute atomic E-state index is 11.9. The molecule has 1 saturated carbocycles. The third-order valence-corrected chi connectivity index (χ3v) is 4.98. The van der Waals surface area contributed by atoms with Crippen molar-refractivity contribution in [1.82, 2.24) is 9.97 Å². The average Bonchev–Trinajstić information content (AvgIpc) is 2.45. The van der Waals surface area contributed by atoms with Gasteiger partial charge in [0.15, 0.2) is 0 Å². The standard InChI is InChI=1S/C15H23BrN2O2/c1-3-4-10-5-7-11(8-6-10)14-17-12(9-20-2)13(16)15(19)18-14/h10-11H,3-9H2,1-2H3,(H,17,18,19). The number of methoxy groups -OCH3 is 1. The fraction of sp³-hybridized carbons (Fsp3) is 0.733. The number of hydrogen-bond donors (Lipinski definition) is 1. The van der Waals surface area contributed by atoms with Gasteiger partial charge in [0.2, 0.25) is 0 Å². The topological polar surface area (TPSA) is 55.0 Å². The number of H-pyrrole nitrogens is 1. The van der Waals surface area contributed by atoms with E-state index in [9.17, 15) is 4.79 Å². The van der Waals surface area contributed by atoms with Crippen LogP contribution < -0.4 is 5.56 Å². The van der Waals surface area contributed by atoms with Crippen molar-refractivity contribution in [3.8, 4) is 0 Å². The second-order valence-corrected chi connectivity index (χ2v) is 6.44. The molecule has 1 aromatic rings. The highest BCUT2D eigenvalue weighted by Crippen LogP contribution is 2.36. The lowest BCUT2D eigenvalue weighted by Gasteiger charge is -2.27. The van der Waals surface area contributed by atoms with Crippen molar-refractivity contribution in [3.63, 3.8) is 0 Å². The van der Waals surface area contributed by atoms with E-state index in [0.29, 0.717) is 22.7 Å². The molecular weight excluding hydrogens is 320 g/mol. The molecule has 112 valence electrons. The molecule has 1 N–H and O–H groups in total. The molecule has 0 unspecified atom stereocenters. The van der Waals surface area contributed by atoms with Gasteiger partial charge in [0, 0.05) is 13.0 Å². The summed E-state index contributed by atoms with van der Waals surface area (Å²) in [7, 11) is 1.62. The Morgan fingerprint density at radius 1 is 1.35 bits per heavy atom. The summed E-state index contributed by atoms with van der Waals surface area (Å²) in [6.07, 6.45) is 7.34. The lowest BCUT2D eigenvalue weighted by atomic mass is 9.80. The summed E-state index contributed by atoms with van der Waals surface area (Å²) in [6.45, 7) is 2.61. The quantitative estimate of drug-likeness (QED) is 0.886. The molecule has 0 bridgehead atoms. The van der Waals surface area contributed by atoms with E-state index >= 15 is 0 Å². The largest absolute Gasteiger partial charge is 0.378 e. The van der Waals surface area contributed by atoms with Gasteiger partial charge in [-0.15, -0.1) is 0 Å². The van der Waals surface area contributed by atoms with Gasteiger partial charge >= 0.3 is 0 Å². The Hall–Kier alpha value is -0.680. The first-order valence-electron chi connectivity index (χ1n) is 7.43. The first kappa shape index (κ1) is 15.7. The van der Waals surface area contributed by atoms with Crippen molar-refractivity contribution < 1.29 is 4.74 Å². The number of nitrogens with zero attached hydrogens (tertiary/aromatic N) is 1. The van der Waals surface area contributed by atoms with Crippen molar-refractivity contribution >= 4 is 15.9 Å². The highest BCUT2D eigenvalue weighted by molar-refractivity contribution is 9.10. The van der Waals surface area contributed by atoms with Crippen LogP contribution in [0.5, 0.6) is 0 Å². The van der Waals surface area contributed by atoms with Crippen LogP contribution in [0.25, 0.3) is 0 Å². The Balaban J connectivity index is 2.12. The van der Waals surface area contributed by atoms with Crippen molar-refractivity contribution in [2.24, 2.45) is 5.92 Å². The number of hydrogen-bond acceptors (Lipinski definition) is 3. The minimum atomic E-state index is -0.0993. The van der Waals surface area contributed by atoms with Crippen LogP contribution in [-0.4, -0.2) is 17.1 Å². The first-order chi connectivity index (χ1) is 9.65. The normalized spacial score (nSPS) is 22.9. The number of aromatic amines is 1. The lowest BCUT2D eigenvalue weighted by molar-refractivity contribution is 0.180. The van der Waals surface area contributed by atoms with Gasteiger partial charge in [-0.05, 0) is 47.5 Å². The van der Waals surface area contributed by atoms with E-state index < -0.39 is 0 Å². The molecule has 2 rings (SSSR count). The molecule has 1 aliphatic rings. The molecule has 0 spiro atoms. The fourth-order valence-electron chi connectivity index (χ4n) is 3.08. The Morgan fingerprint density at radius 2 is 2.05 bits per heavy atom. The summed E-state index contributed by atoms with van der Waals surface area (Å²) >= 11 is 3.28. The van der Waals surface area contributed by atoms with Gasteiger partial charge in [-0.25, -0.2) is 4.98 Å². The highest BCUT2D eigenvalue weighted by atomic mass is 79.9. The molecule has 5 heteroatoms. The first-order valence-corrected chi connectivity index (χ1v) is 8.22. The Kier molecular flexibility index (Phi) is 5.78. The van der Waals surface area contributed by atoms with Crippen molar-refractivity contribution in [3.05, 3.63) is 26.3 Å². The van der Waals surface area contributed by atoms with E-state index in [4.69, 9.17) is 4.74 Å². The monoisotopic (exact) mass is 342 g/mol. The zero-order valence-corrected chi connectivity index (χ0v) is 13.8. The van der Waals surface area contributed by atoms with Crippen molar-refractivity contribution in [2.45, 2.75) is 58.0 Å². The SMILES string of the molecule is CCCC1CCC(c2nc(COC)c(Br)c(=O)[nH]2)CC1. The summed E-state index contributed by atoms with van der Waals surface area (Å²) < 4.78 is 5.60. The van der Waals surface area contributed by atoms with Gasteiger partial charge in [-0.3, -0.25) is 4.79 Å². The predicted octanol–water partition coefficient (Wildman–Crippen LogP) is 3.75. The smallest absolute Gasteiger partial charge is 0.265 e. The van der Waals surface area contributed by atoms with Crippen molar-refractivity contribution in [1.29, 1.82) is 0 Å². The Labute approximate surface area is 128 Å². The molecule has 0 atom stereocenters. The van der Waals surface area contributed by atoms with Gasteiger partial charge in [-0.1, -0.05) is 19.8 Å². The highest BCUT2D eigenvalue weighted by Gasteiger charge is 2.24. The number of rotatable bonds is 5. The number of aromatic nitrogens is 2. The Morgan fingerprint density at radius 3 is 2.65 bits per heavy atom. The Bertz CT molecular complexity index is 493. The molecule has 0 aromatic carbocycles. The maximum Gasteiger partial charge on any atom is 0.265 e. The van der Waals surface area contributed by atoms with Crippen LogP contribution in [0.2, 0.25) is 0 Å². The number of nitrogens with one attached hydrogen (secondary N) is 1. The van der Waals surface area contributed by atoms with E-state index in [2.05, 4.69) is 32.8 Å². The average molecular weight is 343 g/mol. The molecule has 0 radical (unpaired) electrons. The summed E-state index contributed by atoms with van der Waals surface area (Å²) in [5.41, 5.74) is 0.597. The molecule has 20 heavy (non-hydrogen) atoms. The van der Waals surface area contributed by atoms with Gasteiger partial charge in [0.25, 0.3) is 5.56 Å². The fourth-order valence-corrected chi connectivity index (χ4v) is 3.39. The molecule has 1 heterocycles. The molecule has 0 aliphatic heterocycles. The van der Waals surface area contributed by atoms with Gasteiger partial charge in [-0.2, -0.15) is 0 Å². The predicted molar refractivity (Wildman–Crippen MR) is 82.9 cm³/mol. The third-order valence-electron chi connectivity index (χ3n) is 4.16. The maximum atomic E-state index is 11.9. The van der Waals surface area contributed by atoms with Crippen LogP contribution >= 0.6 is 15.9 Å². The van der Waals surface area contributed by atoms with Crippen LogP contribution in [0, 0.1) is 5.92 Å². The van der Waals surface area contributed by atoms with E-state index in [1.54, 1.807) is 7.11 Å². The van der Waals surface area contributed by atoms with Crippen molar-refractivity contribution in [2.75, 3.05) is 7.11 Å². The van der Waals surface area contributed by atoms with Gasteiger partial charge in [0.05, 0.1) is 12.3 Å². The second-order valence-electron chi connectivity index (χ2n) is 5.65. The van der Waals surface area contributed by atoms with Gasteiger partial charge < -0.3 is 9.72 Å². The molecule has 4 nitrogen and oxygen atoms in total. The number of ether oxygens (including phenoxy) is 1. The third kappa shape index (κ3) is 3.70. The van der Waals surface area contributed by atoms with Crippen LogP contribution in [0.3, 0.4) is 0 Å². The van der Waals surface area contributed by atoms with Crippen LogP contribution in [0.15, 0.2) is 9.27 Å². The molecular formula is C15H23BrN2O2. The summed E-state index contributed by atoms with van der Waals surface area (Å²) in [4.78, 5) is 19.5. The van der Waals surface area contributed by atoms with Crippen LogP contribution in [0.1, 0.15) is 62.9 Å². The van der Waals surface area contributed by atoms with E-state index in [-0.39, 0.29) is 5.56 Å². The van der Waals surface area contributed by atoms with Crippen LogP contribution in [0.4, 0.5) is 0 Å². The van der Waals surface area contributed by atoms with E-state index in [1.165, 1.54) is 25.7 Å². The summed E-state index contributed by atoms with van der Waals surface area (Å²) in [6, 6.07) is 0. The minimum Gasteiger partial charge on any atom is -0.378 e. The molecule has 0 saturated heterocycles. The number of halogens is 1. The van der Waals surface area contributed by atoms with Gasteiger partial charge in [0.1, 0.15) is 10.3 Å². The zero-order valence-electron chi connectivity index (χ0n) is 12.2. The van der Waals surface area contributed by atoms with E-state index in [1.807, 2.05) is 0 Å². The van der Waals surface area contributed by atoms with E-state index in [0.717, 1.165) is 24.6 Å². The summed E-state index contributed by atoms with van der Waals surface area (Å²) in [5.74, 6) is 2.08. The molecule has 1 fully saturated rings. The second kappa shape index (κ2) is 7.36. The lowest BCUT2D eigenvalue weighted by Crippen LogP contribution is -2.21. The molecule has 1 aromatic heterocycles. The molecule has 1 aliphatic carbocycles. The van der Waals surface area contributed by atoms with Crippen LogP contribution in [-0.2, 0) is 11.3 Å².